The molecular formula is C12H19N5O. The van der Waals surface area contributed by atoms with E-state index in [0.717, 1.165) is 31.6 Å². The lowest BCUT2D eigenvalue weighted by Crippen LogP contribution is -2.48. The molecule has 0 aromatic carbocycles. The van der Waals surface area contributed by atoms with E-state index in [0.29, 0.717) is 6.04 Å². The summed E-state index contributed by atoms with van der Waals surface area (Å²) in [6.45, 7) is 1.48. The molecule has 1 aromatic rings. The maximum absolute atomic E-state index is 12.0. The normalized spacial score (nSPS) is 16.9. The van der Waals surface area contributed by atoms with Crippen LogP contribution in [0.4, 0.5) is 10.5 Å². The summed E-state index contributed by atoms with van der Waals surface area (Å²) in [5, 5.41) is 4.59. The van der Waals surface area contributed by atoms with Gasteiger partial charge >= 0.3 is 6.03 Å². The Hall–Kier alpha value is -1.66. The maximum atomic E-state index is 12.0. The number of hydrazine groups is 1. The largest absolute Gasteiger partial charge is 0.324 e. The summed E-state index contributed by atoms with van der Waals surface area (Å²) in [4.78, 5) is 17.7. The fourth-order valence-electron chi connectivity index (χ4n) is 2.11. The average molecular weight is 249 g/mol. The maximum Gasteiger partial charge on any atom is 0.321 e. The number of anilines is 1. The minimum atomic E-state index is -0.0562. The Labute approximate surface area is 107 Å². The number of rotatable bonds is 2. The van der Waals surface area contributed by atoms with Gasteiger partial charge in [0.1, 0.15) is 0 Å². The minimum Gasteiger partial charge on any atom is -0.324 e. The van der Waals surface area contributed by atoms with Crippen molar-refractivity contribution in [3.63, 3.8) is 0 Å². The van der Waals surface area contributed by atoms with Gasteiger partial charge in [-0.05, 0) is 25.0 Å². The van der Waals surface area contributed by atoms with Gasteiger partial charge in [-0.25, -0.2) is 9.80 Å². The van der Waals surface area contributed by atoms with E-state index in [4.69, 9.17) is 5.84 Å². The molecular weight excluding hydrogens is 230 g/mol. The lowest BCUT2D eigenvalue weighted by Gasteiger charge is -2.34. The third-order valence-corrected chi connectivity index (χ3v) is 3.26. The summed E-state index contributed by atoms with van der Waals surface area (Å²) in [5.41, 5.74) is 0.771. The molecule has 0 atom stereocenters. The highest BCUT2D eigenvalue weighted by atomic mass is 16.2. The van der Waals surface area contributed by atoms with E-state index in [-0.39, 0.29) is 6.03 Å². The molecule has 2 heterocycles. The van der Waals surface area contributed by atoms with Crippen LogP contribution in [0.15, 0.2) is 24.5 Å². The first-order chi connectivity index (χ1) is 8.66. The summed E-state index contributed by atoms with van der Waals surface area (Å²) in [6, 6.07) is 3.87. The molecule has 6 nitrogen and oxygen atoms in total. The summed E-state index contributed by atoms with van der Waals surface area (Å²) < 4.78 is 0. The third kappa shape index (κ3) is 3.18. The van der Waals surface area contributed by atoms with E-state index in [9.17, 15) is 4.79 Å². The van der Waals surface area contributed by atoms with Crippen molar-refractivity contribution in [2.75, 3.05) is 25.5 Å². The zero-order valence-corrected chi connectivity index (χ0v) is 10.5. The number of hydrogen-bond donors (Lipinski definition) is 2. The first-order valence-corrected chi connectivity index (χ1v) is 6.10. The van der Waals surface area contributed by atoms with Crippen molar-refractivity contribution in [2.45, 2.75) is 18.9 Å². The van der Waals surface area contributed by atoms with Gasteiger partial charge in [0.15, 0.2) is 0 Å². The van der Waals surface area contributed by atoms with Crippen LogP contribution in [0.25, 0.3) is 0 Å². The molecule has 0 bridgehead atoms. The number of nitrogens with two attached hydrogens (primary N) is 1. The number of piperidine rings is 1. The number of carbonyl (C=O) groups is 1. The number of nitrogens with one attached hydrogen (secondary N) is 1. The fourth-order valence-corrected chi connectivity index (χ4v) is 2.11. The molecule has 1 aliphatic rings. The van der Waals surface area contributed by atoms with Gasteiger partial charge in [0, 0.05) is 44.3 Å². The standard InChI is InChI=1S/C12H19N5O/c1-16(13)11-4-8-17(9-5-11)12(18)15-10-2-6-14-7-3-10/h2-3,6-7,11H,4-5,8-9,13H2,1H3,(H,14,15,18). The van der Waals surface area contributed by atoms with Crippen LogP contribution in [-0.2, 0) is 0 Å². The molecule has 1 aromatic heterocycles. The zero-order valence-electron chi connectivity index (χ0n) is 10.5. The predicted molar refractivity (Wildman–Crippen MR) is 69.8 cm³/mol. The van der Waals surface area contributed by atoms with Gasteiger partial charge in [0.05, 0.1) is 0 Å². The van der Waals surface area contributed by atoms with E-state index >= 15 is 0 Å². The molecule has 0 aliphatic carbocycles. The summed E-state index contributed by atoms with van der Waals surface area (Å²) >= 11 is 0. The molecule has 1 fully saturated rings. The van der Waals surface area contributed by atoms with Crippen molar-refractivity contribution in [1.82, 2.24) is 14.9 Å². The quantitative estimate of drug-likeness (QED) is 0.603. The second-order valence-electron chi connectivity index (χ2n) is 4.55. The van der Waals surface area contributed by atoms with E-state index in [1.807, 2.05) is 11.9 Å². The number of amides is 2. The fraction of sp³-hybridized carbons (Fsp3) is 0.500. The van der Waals surface area contributed by atoms with E-state index in [2.05, 4.69) is 10.3 Å². The second kappa shape index (κ2) is 5.79. The second-order valence-corrected chi connectivity index (χ2v) is 4.55. The highest BCUT2D eigenvalue weighted by Gasteiger charge is 2.24. The van der Waals surface area contributed by atoms with Crippen LogP contribution in [-0.4, -0.2) is 47.1 Å². The van der Waals surface area contributed by atoms with Crippen molar-refractivity contribution < 1.29 is 4.79 Å². The molecule has 1 saturated heterocycles. The van der Waals surface area contributed by atoms with Crippen molar-refractivity contribution in [3.05, 3.63) is 24.5 Å². The minimum absolute atomic E-state index is 0.0562. The number of hydrogen-bond acceptors (Lipinski definition) is 4. The molecule has 2 rings (SSSR count). The lowest BCUT2D eigenvalue weighted by atomic mass is 10.1. The molecule has 0 spiro atoms. The topological polar surface area (TPSA) is 74.5 Å². The first kappa shape index (κ1) is 12.8. The number of likely N-dealkylation sites (tertiary alicyclic amines) is 1. The van der Waals surface area contributed by atoms with Crippen molar-refractivity contribution >= 4 is 11.7 Å². The summed E-state index contributed by atoms with van der Waals surface area (Å²) in [7, 11) is 1.87. The van der Waals surface area contributed by atoms with Crippen LogP contribution in [0.1, 0.15) is 12.8 Å². The Kier molecular flexibility index (Phi) is 4.11. The van der Waals surface area contributed by atoms with Crippen molar-refractivity contribution in [3.8, 4) is 0 Å². The van der Waals surface area contributed by atoms with Crippen LogP contribution in [0.5, 0.6) is 0 Å². The summed E-state index contributed by atoms with van der Waals surface area (Å²) in [6.07, 6.45) is 5.14. The van der Waals surface area contributed by atoms with E-state index in [1.54, 1.807) is 29.5 Å². The molecule has 18 heavy (non-hydrogen) atoms. The van der Waals surface area contributed by atoms with Crippen LogP contribution < -0.4 is 11.2 Å². The number of nitrogens with zero attached hydrogens (tertiary/aromatic N) is 3. The number of pyridine rings is 1. The monoisotopic (exact) mass is 249 g/mol. The van der Waals surface area contributed by atoms with Gasteiger partial charge in [0.2, 0.25) is 0 Å². The van der Waals surface area contributed by atoms with Crippen LogP contribution in [0.2, 0.25) is 0 Å². The van der Waals surface area contributed by atoms with Crippen LogP contribution in [0.3, 0.4) is 0 Å². The molecule has 1 aliphatic heterocycles. The first-order valence-electron chi connectivity index (χ1n) is 6.10. The van der Waals surface area contributed by atoms with Gasteiger partial charge in [0.25, 0.3) is 0 Å². The van der Waals surface area contributed by atoms with Crippen molar-refractivity contribution in [1.29, 1.82) is 0 Å². The molecule has 0 saturated carbocycles. The number of aromatic nitrogens is 1. The molecule has 3 N–H and O–H groups in total. The molecule has 98 valence electrons. The average Bonchev–Trinajstić information content (AvgIpc) is 2.40. The Morgan fingerprint density at radius 1 is 1.44 bits per heavy atom. The SMILES string of the molecule is CN(N)C1CCN(C(=O)Nc2ccncc2)CC1. The third-order valence-electron chi connectivity index (χ3n) is 3.26. The summed E-state index contributed by atoms with van der Waals surface area (Å²) in [5.74, 6) is 5.72. The highest BCUT2D eigenvalue weighted by molar-refractivity contribution is 5.89. The Balaban J connectivity index is 1.85. The van der Waals surface area contributed by atoms with Gasteiger partial charge < -0.3 is 10.2 Å². The van der Waals surface area contributed by atoms with Gasteiger partial charge in [-0.15, -0.1) is 0 Å². The Morgan fingerprint density at radius 3 is 2.61 bits per heavy atom. The highest BCUT2D eigenvalue weighted by Crippen LogP contribution is 2.14. The van der Waals surface area contributed by atoms with Gasteiger partial charge in [-0.2, -0.15) is 0 Å². The van der Waals surface area contributed by atoms with Gasteiger partial charge in [-0.1, -0.05) is 0 Å². The molecule has 0 unspecified atom stereocenters. The predicted octanol–water partition coefficient (Wildman–Crippen LogP) is 0.883. The van der Waals surface area contributed by atoms with Crippen molar-refractivity contribution in [2.24, 2.45) is 5.84 Å². The number of carbonyl (C=O) groups excluding carboxylic acids is 1. The van der Waals surface area contributed by atoms with Crippen LogP contribution in [0, 0.1) is 0 Å². The molecule has 6 heteroatoms. The van der Waals surface area contributed by atoms with E-state index < -0.39 is 0 Å². The van der Waals surface area contributed by atoms with E-state index in [1.165, 1.54) is 0 Å². The Morgan fingerprint density at radius 2 is 2.06 bits per heavy atom. The molecule has 0 radical (unpaired) electrons. The molecule has 2 amide bonds. The smallest absolute Gasteiger partial charge is 0.321 e. The lowest BCUT2D eigenvalue weighted by molar-refractivity contribution is 0.142. The van der Waals surface area contributed by atoms with Gasteiger partial charge in [-0.3, -0.25) is 10.8 Å². The Bertz CT molecular complexity index is 387. The zero-order chi connectivity index (χ0) is 13.0. The number of urea groups is 1. The van der Waals surface area contributed by atoms with Crippen LogP contribution >= 0.6 is 0 Å².